The Morgan fingerprint density at radius 2 is 1.70 bits per heavy atom. The van der Waals surface area contributed by atoms with Gasteiger partial charge >= 0.3 is 5.97 Å². The number of hydrogen-bond acceptors (Lipinski definition) is 4. The molecule has 0 saturated carbocycles. The molecule has 1 amide bonds. The first-order chi connectivity index (χ1) is 12.7. The third kappa shape index (κ3) is 4.07. The van der Waals surface area contributed by atoms with Crippen molar-refractivity contribution in [3.05, 3.63) is 69.4 Å². The van der Waals surface area contributed by atoms with Crippen LogP contribution in [-0.4, -0.2) is 22.1 Å². The second kappa shape index (κ2) is 7.34. The Hall–Kier alpha value is -2.96. The molecule has 0 fully saturated rings. The number of carbonyl (C=O) groups excluding carboxylic acids is 1. The fourth-order valence-electron chi connectivity index (χ4n) is 2.52. The van der Waals surface area contributed by atoms with Gasteiger partial charge in [0.05, 0.1) is 0 Å². The number of carbonyl (C=O) groups is 2. The summed E-state index contributed by atoms with van der Waals surface area (Å²) < 4.78 is 5.55. The fourth-order valence-corrected chi connectivity index (χ4v) is 3.04. The summed E-state index contributed by atoms with van der Waals surface area (Å²) in [6.45, 7) is 1.53. The number of nitrogens with one attached hydrogen (secondary N) is 1. The van der Waals surface area contributed by atoms with Gasteiger partial charge in [0.2, 0.25) is 0 Å². The number of amides is 1. The summed E-state index contributed by atoms with van der Waals surface area (Å²) in [4.78, 5) is 23.6. The normalized spacial score (nSPS) is 10.6. The highest BCUT2D eigenvalue weighted by Crippen LogP contribution is 2.30. The molecule has 6 nitrogen and oxygen atoms in total. The van der Waals surface area contributed by atoms with Gasteiger partial charge in [-0.3, -0.25) is 4.79 Å². The van der Waals surface area contributed by atoms with Crippen LogP contribution >= 0.6 is 23.2 Å². The van der Waals surface area contributed by atoms with E-state index in [1.54, 1.807) is 24.3 Å². The molecule has 0 radical (unpaired) electrons. The lowest BCUT2D eigenvalue weighted by molar-refractivity contribution is 0.0693. The maximum atomic E-state index is 12.4. The monoisotopic (exact) mass is 405 g/mol. The Bertz CT molecular complexity index is 1040. The number of phenols is 1. The molecular weight excluding hydrogens is 393 g/mol. The average molecular weight is 406 g/mol. The van der Waals surface area contributed by atoms with E-state index in [9.17, 15) is 14.7 Å². The number of rotatable bonds is 4. The zero-order valence-electron chi connectivity index (χ0n) is 13.9. The molecule has 8 heteroatoms. The van der Waals surface area contributed by atoms with Crippen molar-refractivity contribution in [2.75, 3.05) is 5.32 Å². The number of benzene rings is 2. The van der Waals surface area contributed by atoms with E-state index in [4.69, 9.17) is 32.7 Å². The summed E-state index contributed by atoms with van der Waals surface area (Å²) in [5.74, 6) is -1.80. The standard InChI is InChI=1S/C19H13Cl2NO5/c1-9-4-13(8-14(17(9)23)19(25)26)22-18(24)16-3-2-15(27-16)10-5-11(20)7-12(21)6-10/h2-8,23H,1H3,(H,22,24)(H,25,26). The highest BCUT2D eigenvalue weighted by Gasteiger charge is 2.17. The van der Waals surface area contributed by atoms with Crippen molar-refractivity contribution in [1.82, 2.24) is 0 Å². The number of aromatic carboxylic acids is 1. The van der Waals surface area contributed by atoms with Gasteiger partial charge in [-0.15, -0.1) is 0 Å². The van der Waals surface area contributed by atoms with Crippen molar-refractivity contribution < 1.29 is 24.2 Å². The number of halogens is 2. The molecule has 138 valence electrons. The maximum Gasteiger partial charge on any atom is 0.339 e. The largest absolute Gasteiger partial charge is 0.507 e. The van der Waals surface area contributed by atoms with Gasteiger partial charge in [-0.2, -0.15) is 0 Å². The zero-order chi connectivity index (χ0) is 19.7. The number of carboxylic acids is 1. The minimum atomic E-state index is -1.30. The summed E-state index contributed by atoms with van der Waals surface area (Å²) in [7, 11) is 0. The van der Waals surface area contributed by atoms with Crippen LogP contribution in [0.4, 0.5) is 5.69 Å². The predicted octanol–water partition coefficient (Wildman–Crippen LogP) is 5.22. The van der Waals surface area contributed by atoms with Gasteiger partial charge in [0.25, 0.3) is 5.91 Å². The van der Waals surface area contributed by atoms with Gasteiger partial charge in [0, 0.05) is 21.3 Å². The SMILES string of the molecule is Cc1cc(NC(=O)c2ccc(-c3cc(Cl)cc(Cl)c3)o2)cc(C(=O)O)c1O. The Kier molecular flexibility index (Phi) is 5.12. The Labute approximate surface area is 164 Å². The van der Waals surface area contributed by atoms with E-state index in [0.29, 0.717) is 26.9 Å². The second-order valence-corrected chi connectivity index (χ2v) is 6.64. The lowest BCUT2D eigenvalue weighted by atomic mass is 10.1. The van der Waals surface area contributed by atoms with Crippen LogP contribution < -0.4 is 5.32 Å². The molecule has 0 spiro atoms. The summed E-state index contributed by atoms with van der Waals surface area (Å²) >= 11 is 11.9. The van der Waals surface area contributed by atoms with Crippen LogP contribution in [0.5, 0.6) is 5.75 Å². The molecule has 0 aliphatic rings. The van der Waals surface area contributed by atoms with Gasteiger partial charge in [-0.1, -0.05) is 23.2 Å². The first-order valence-electron chi connectivity index (χ1n) is 7.69. The van der Waals surface area contributed by atoms with Crippen molar-refractivity contribution in [2.45, 2.75) is 6.92 Å². The third-order valence-electron chi connectivity index (χ3n) is 3.77. The molecule has 27 heavy (non-hydrogen) atoms. The van der Waals surface area contributed by atoms with Gasteiger partial charge in [0.1, 0.15) is 17.1 Å². The molecule has 2 aromatic carbocycles. The van der Waals surface area contributed by atoms with Crippen molar-refractivity contribution in [3.63, 3.8) is 0 Å². The van der Waals surface area contributed by atoms with Crippen LogP contribution in [0.1, 0.15) is 26.5 Å². The molecule has 0 aliphatic carbocycles. The van der Waals surface area contributed by atoms with Crippen molar-refractivity contribution in [1.29, 1.82) is 0 Å². The second-order valence-electron chi connectivity index (χ2n) is 5.77. The van der Waals surface area contributed by atoms with Gasteiger partial charge in [-0.25, -0.2) is 4.79 Å². The maximum absolute atomic E-state index is 12.4. The summed E-state index contributed by atoms with van der Waals surface area (Å²) in [5, 5.41) is 22.3. The minimum absolute atomic E-state index is 0.0173. The molecular formula is C19H13Cl2NO5. The summed E-state index contributed by atoms with van der Waals surface area (Å²) in [6, 6.07) is 10.6. The molecule has 0 saturated heterocycles. The van der Waals surface area contributed by atoms with Crippen LogP contribution in [0.2, 0.25) is 10.0 Å². The van der Waals surface area contributed by atoms with Crippen LogP contribution in [0.3, 0.4) is 0 Å². The van der Waals surface area contributed by atoms with Crippen LogP contribution in [-0.2, 0) is 0 Å². The fraction of sp³-hybridized carbons (Fsp3) is 0.0526. The summed E-state index contributed by atoms with van der Waals surface area (Å²) in [5.41, 5.74) is 0.842. The zero-order valence-corrected chi connectivity index (χ0v) is 15.4. The number of aromatic hydroxyl groups is 1. The third-order valence-corrected chi connectivity index (χ3v) is 4.20. The smallest absolute Gasteiger partial charge is 0.339 e. The molecule has 3 aromatic rings. The van der Waals surface area contributed by atoms with Gasteiger partial charge in [0.15, 0.2) is 5.76 Å². The quantitative estimate of drug-likeness (QED) is 0.516. The molecule has 0 bridgehead atoms. The van der Waals surface area contributed by atoms with Gasteiger partial charge < -0.3 is 19.9 Å². The van der Waals surface area contributed by atoms with E-state index in [1.807, 2.05) is 0 Å². The lowest BCUT2D eigenvalue weighted by Crippen LogP contribution is -2.12. The first-order valence-corrected chi connectivity index (χ1v) is 8.45. The topological polar surface area (TPSA) is 99.8 Å². The van der Waals surface area contributed by atoms with Crippen LogP contribution in [0.25, 0.3) is 11.3 Å². The molecule has 0 unspecified atom stereocenters. The Morgan fingerprint density at radius 1 is 1.04 bits per heavy atom. The number of hydrogen-bond donors (Lipinski definition) is 3. The molecule has 1 heterocycles. The Balaban J connectivity index is 1.86. The van der Waals surface area contributed by atoms with Crippen LogP contribution in [0.15, 0.2) is 46.9 Å². The highest BCUT2D eigenvalue weighted by molar-refractivity contribution is 6.35. The number of anilines is 1. The average Bonchev–Trinajstić information content (AvgIpc) is 3.07. The van der Waals surface area contributed by atoms with Gasteiger partial charge in [-0.05, 0) is 55.0 Å². The number of carboxylic acid groups (broad SMARTS) is 1. The van der Waals surface area contributed by atoms with E-state index in [0.717, 1.165) is 0 Å². The lowest BCUT2D eigenvalue weighted by Gasteiger charge is -2.09. The predicted molar refractivity (Wildman–Crippen MR) is 102 cm³/mol. The van der Waals surface area contributed by atoms with Crippen molar-refractivity contribution in [2.24, 2.45) is 0 Å². The van der Waals surface area contributed by atoms with E-state index in [2.05, 4.69) is 5.32 Å². The van der Waals surface area contributed by atoms with E-state index in [1.165, 1.54) is 25.1 Å². The van der Waals surface area contributed by atoms with Crippen LogP contribution in [0, 0.1) is 6.92 Å². The summed E-state index contributed by atoms with van der Waals surface area (Å²) in [6.07, 6.45) is 0. The number of furan rings is 1. The molecule has 0 aliphatic heterocycles. The van der Waals surface area contributed by atoms with Crippen molar-refractivity contribution >= 4 is 40.8 Å². The minimum Gasteiger partial charge on any atom is -0.507 e. The Morgan fingerprint density at radius 3 is 2.33 bits per heavy atom. The van der Waals surface area contributed by atoms with Crippen molar-refractivity contribution in [3.8, 4) is 17.1 Å². The first kappa shape index (κ1) is 18.8. The molecule has 0 atom stereocenters. The number of aryl methyl sites for hydroxylation is 1. The van der Waals surface area contributed by atoms with E-state index >= 15 is 0 Å². The van der Waals surface area contributed by atoms with E-state index < -0.39 is 11.9 Å². The molecule has 1 aromatic heterocycles. The van der Waals surface area contributed by atoms with E-state index in [-0.39, 0.29) is 22.8 Å². The molecule has 3 N–H and O–H groups in total. The molecule has 3 rings (SSSR count). The highest BCUT2D eigenvalue weighted by atomic mass is 35.5.